The third-order valence-corrected chi connectivity index (χ3v) is 4.22. The third kappa shape index (κ3) is 1.56. The number of Topliss-reactive ketones (excluding diaryl/α,β-unsaturated/α-hetero) is 1. The molecule has 0 unspecified atom stereocenters. The van der Waals surface area contributed by atoms with Gasteiger partial charge in [0.25, 0.3) is 0 Å². The average molecular weight is 240 g/mol. The zero-order valence-corrected chi connectivity index (χ0v) is 10.3. The van der Waals surface area contributed by atoms with Gasteiger partial charge in [0.15, 0.2) is 5.78 Å². The summed E-state index contributed by atoms with van der Waals surface area (Å²) in [5, 5.41) is 0. The van der Waals surface area contributed by atoms with Gasteiger partial charge in [0, 0.05) is 12.8 Å². The molecule has 0 spiro atoms. The van der Waals surface area contributed by atoms with Crippen molar-refractivity contribution >= 4 is 11.6 Å². The molecule has 1 aromatic rings. The number of carbonyl (C=O) groups is 2. The van der Waals surface area contributed by atoms with Crippen molar-refractivity contribution in [1.29, 1.82) is 0 Å². The molecular formula is C16H16O2. The summed E-state index contributed by atoms with van der Waals surface area (Å²) in [6, 6.07) is 9.95. The second kappa shape index (κ2) is 4.20. The van der Waals surface area contributed by atoms with Gasteiger partial charge in [-0.25, -0.2) is 0 Å². The van der Waals surface area contributed by atoms with Gasteiger partial charge in [-0.1, -0.05) is 30.3 Å². The van der Waals surface area contributed by atoms with Crippen molar-refractivity contribution in [2.45, 2.75) is 37.5 Å². The molecule has 2 heteroatoms. The Labute approximate surface area is 107 Å². The van der Waals surface area contributed by atoms with Crippen molar-refractivity contribution in [2.75, 3.05) is 0 Å². The van der Waals surface area contributed by atoms with Crippen LogP contribution >= 0.6 is 0 Å². The van der Waals surface area contributed by atoms with Crippen LogP contribution in [0.5, 0.6) is 0 Å². The van der Waals surface area contributed by atoms with Gasteiger partial charge < -0.3 is 0 Å². The number of hydrogen-bond acceptors (Lipinski definition) is 2. The molecule has 0 radical (unpaired) electrons. The quantitative estimate of drug-likeness (QED) is 0.756. The Morgan fingerprint density at radius 1 is 0.944 bits per heavy atom. The Bertz CT molecular complexity index is 527. The standard InChI is InChI=1S/C16H16O2/c17-14-9-10-16(12-5-2-1-3-6-12)13(11-14)7-4-8-15(16)18/h1-3,5-6,11H,4,7-10H2/t16-/m0/s1. The highest BCUT2D eigenvalue weighted by atomic mass is 16.1. The summed E-state index contributed by atoms with van der Waals surface area (Å²) in [7, 11) is 0. The summed E-state index contributed by atoms with van der Waals surface area (Å²) < 4.78 is 0. The van der Waals surface area contributed by atoms with Gasteiger partial charge in [0.2, 0.25) is 0 Å². The SMILES string of the molecule is O=C1C=C2CCCC(=O)[C@]2(c2ccccc2)CC1. The first-order chi connectivity index (χ1) is 8.73. The largest absolute Gasteiger partial charge is 0.298 e. The highest BCUT2D eigenvalue weighted by Crippen LogP contribution is 2.46. The first-order valence-electron chi connectivity index (χ1n) is 6.56. The lowest BCUT2D eigenvalue weighted by Gasteiger charge is -2.41. The summed E-state index contributed by atoms with van der Waals surface area (Å²) in [4.78, 5) is 24.1. The van der Waals surface area contributed by atoms with Gasteiger partial charge in [-0.2, -0.15) is 0 Å². The van der Waals surface area contributed by atoms with Gasteiger partial charge in [-0.05, 0) is 36.5 Å². The minimum atomic E-state index is -0.493. The van der Waals surface area contributed by atoms with Crippen molar-refractivity contribution in [2.24, 2.45) is 0 Å². The maximum absolute atomic E-state index is 12.5. The lowest BCUT2D eigenvalue weighted by molar-refractivity contribution is -0.125. The van der Waals surface area contributed by atoms with Crippen LogP contribution in [0.3, 0.4) is 0 Å². The molecule has 3 rings (SSSR count). The Kier molecular flexibility index (Phi) is 2.66. The number of benzene rings is 1. The van der Waals surface area contributed by atoms with E-state index in [-0.39, 0.29) is 5.78 Å². The number of ketones is 2. The van der Waals surface area contributed by atoms with Gasteiger partial charge in [0.05, 0.1) is 5.41 Å². The van der Waals surface area contributed by atoms with Crippen LogP contribution in [0.4, 0.5) is 0 Å². The molecule has 1 aromatic carbocycles. The third-order valence-electron chi connectivity index (χ3n) is 4.22. The first kappa shape index (κ1) is 11.4. The van der Waals surface area contributed by atoms with E-state index in [9.17, 15) is 9.59 Å². The van der Waals surface area contributed by atoms with Crippen molar-refractivity contribution in [1.82, 2.24) is 0 Å². The van der Waals surface area contributed by atoms with E-state index in [2.05, 4.69) is 0 Å². The molecular weight excluding hydrogens is 224 g/mol. The van der Waals surface area contributed by atoms with E-state index in [1.165, 1.54) is 0 Å². The maximum atomic E-state index is 12.5. The molecule has 0 amide bonds. The lowest BCUT2D eigenvalue weighted by atomic mass is 9.60. The smallest absolute Gasteiger partial charge is 0.155 e. The van der Waals surface area contributed by atoms with Crippen LogP contribution < -0.4 is 0 Å². The predicted molar refractivity (Wildman–Crippen MR) is 69.3 cm³/mol. The van der Waals surface area contributed by atoms with E-state index in [4.69, 9.17) is 0 Å². The normalized spacial score (nSPS) is 27.7. The van der Waals surface area contributed by atoms with Crippen LogP contribution in [0.1, 0.15) is 37.7 Å². The maximum Gasteiger partial charge on any atom is 0.155 e. The summed E-state index contributed by atoms with van der Waals surface area (Å²) in [5.74, 6) is 0.463. The molecule has 2 aliphatic carbocycles. The van der Waals surface area contributed by atoms with Gasteiger partial charge in [-0.3, -0.25) is 9.59 Å². The molecule has 0 aromatic heterocycles. The lowest BCUT2D eigenvalue weighted by Crippen LogP contribution is -2.43. The van der Waals surface area contributed by atoms with Crippen molar-refractivity contribution in [3.63, 3.8) is 0 Å². The molecule has 0 bridgehead atoms. The Balaban J connectivity index is 2.18. The fourth-order valence-corrected chi connectivity index (χ4v) is 3.33. The van der Waals surface area contributed by atoms with Crippen LogP contribution in [0.2, 0.25) is 0 Å². The van der Waals surface area contributed by atoms with Crippen LogP contribution in [-0.2, 0) is 15.0 Å². The molecule has 0 aliphatic heterocycles. The minimum absolute atomic E-state index is 0.172. The second-order valence-corrected chi connectivity index (χ2v) is 5.18. The van der Waals surface area contributed by atoms with Crippen LogP contribution in [0.15, 0.2) is 42.0 Å². The molecule has 0 N–H and O–H groups in total. The van der Waals surface area contributed by atoms with Crippen LogP contribution in [0.25, 0.3) is 0 Å². The van der Waals surface area contributed by atoms with E-state index in [1.54, 1.807) is 6.08 Å². The molecule has 2 nitrogen and oxygen atoms in total. The summed E-state index contributed by atoms with van der Waals surface area (Å²) in [6.07, 6.45) is 5.28. The number of carbonyl (C=O) groups excluding carboxylic acids is 2. The predicted octanol–water partition coefficient (Wildman–Crippen LogP) is 2.97. The summed E-state index contributed by atoms with van der Waals surface area (Å²) >= 11 is 0. The zero-order valence-electron chi connectivity index (χ0n) is 10.3. The number of rotatable bonds is 1. The Morgan fingerprint density at radius 3 is 2.50 bits per heavy atom. The van der Waals surface area contributed by atoms with E-state index >= 15 is 0 Å². The van der Waals surface area contributed by atoms with E-state index < -0.39 is 5.41 Å². The highest BCUT2D eigenvalue weighted by molar-refractivity contribution is 6.01. The molecule has 1 atom stereocenters. The number of allylic oxidation sites excluding steroid dienone is 2. The van der Waals surface area contributed by atoms with Crippen LogP contribution in [0, 0.1) is 0 Å². The molecule has 2 aliphatic rings. The van der Waals surface area contributed by atoms with Crippen molar-refractivity contribution < 1.29 is 9.59 Å². The fourth-order valence-electron chi connectivity index (χ4n) is 3.33. The zero-order chi connectivity index (χ0) is 12.6. The number of fused-ring (bicyclic) bond motifs is 1. The fraction of sp³-hybridized carbons (Fsp3) is 0.375. The van der Waals surface area contributed by atoms with E-state index in [1.807, 2.05) is 30.3 Å². The Morgan fingerprint density at radius 2 is 1.72 bits per heavy atom. The second-order valence-electron chi connectivity index (χ2n) is 5.18. The highest BCUT2D eigenvalue weighted by Gasteiger charge is 2.46. The molecule has 1 fully saturated rings. The van der Waals surface area contributed by atoms with Crippen molar-refractivity contribution in [3.05, 3.63) is 47.5 Å². The first-order valence-corrected chi connectivity index (χ1v) is 6.56. The summed E-state index contributed by atoms with van der Waals surface area (Å²) in [6.45, 7) is 0. The topological polar surface area (TPSA) is 34.1 Å². The minimum Gasteiger partial charge on any atom is -0.298 e. The molecule has 0 saturated heterocycles. The van der Waals surface area contributed by atoms with Gasteiger partial charge in [-0.15, -0.1) is 0 Å². The van der Waals surface area contributed by atoms with Gasteiger partial charge >= 0.3 is 0 Å². The monoisotopic (exact) mass is 240 g/mol. The molecule has 1 saturated carbocycles. The van der Waals surface area contributed by atoms with Crippen LogP contribution in [-0.4, -0.2) is 11.6 Å². The average Bonchev–Trinajstić information content (AvgIpc) is 2.40. The summed E-state index contributed by atoms with van der Waals surface area (Å²) in [5.41, 5.74) is 1.61. The van der Waals surface area contributed by atoms with E-state index in [0.29, 0.717) is 25.0 Å². The number of hydrogen-bond donors (Lipinski definition) is 0. The molecule has 0 heterocycles. The molecule has 92 valence electrons. The van der Waals surface area contributed by atoms with Gasteiger partial charge in [0.1, 0.15) is 5.78 Å². The van der Waals surface area contributed by atoms with Crippen molar-refractivity contribution in [3.8, 4) is 0 Å². The Hall–Kier alpha value is -1.70. The molecule has 18 heavy (non-hydrogen) atoms. The van der Waals surface area contributed by atoms with E-state index in [0.717, 1.165) is 24.0 Å².